The van der Waals surface area contributed by atoms with Crippen LogP contribution in [0, 0.1) is 6.92 Å². The summed E-state index contributed by atoms with van der Waals surface area (Å²) in [5.74, 6) is 0.631. The van der Waals surface area contributed by atoms with E-state index in [4.69, 9.17) is 18.0 Å². The number of thiocarbonyl (C=S) groups is 1. The summed E-state index contributed by atoms with van der Waals surface area (Å²) in [5, 5.41) is 11.0. The van der Waals surface area contributed by atoms with Gasteiger partial charge in [-0.15, -0.1) is 16.4 Å². The first kappa shape index (κ1) is 11.9. The van der Waals surface area contributed by atoms with Crippen LogP contribution in [0.25, 0.3) is 0 Å². The molecule has 2 heterocycles. The lowest BCUT2D eigenvalue weighted by Gasteiger charge is -2.07. The fourth-order valence-electron chi connectivity index (χ4n) is 1.41. The first-order valence-electron chi connectivity index (χ1n) is 5.07. The number of nitrogens with one attached hydrogen (secondary N) is 1. The maximum Gasteiger partial charge on any atom is 0.159 e. The first-order valence-corrected chi connectivity index (χ1v) is 6.30. The second kappa shape index (κ2) is 5.20. The van der Waals surface area contributed by atoms with Crippen LogP contribution in [0.15, 0.2) is 24.4 Å². The molecule has 4 nitrogen and oxygen atoms in total. The number of thiophene rings is 1. The zero-order chi connectivity index (χ0) is 12.3. The third kappa shape index (κ3) is 2.98. The lowest BCUT2D eigenvalue weighted by Crippen LogP contribution is -2.14. The third-order valence-electron chi connectivity index (χ3n) is 2.21. The lowest BCUT2D eigenvalue weighted by atomic mass is 10.3. The fraction of sp³-hybridized carbons (Fsp3) is 0.182. The molecule has 0 spiro atoms. The van der Waals surface area contributed by atoms with Gasteiger partial charge in [0, 0.05) is 9.75 Å². The summed E-state index contributed by atoms with van der Waals surface area (Å²) < 4.78 is 0. The molecule has 0 aliphatic heterocycles. The molecule has 2 aromatic rings. The molecule has 6 heteroatoms. The van der Waals surface area contributed by atoms with Gasteiger partial charge < -0.3 is 11.1 Å². The highest BCUT2D eigenvalue weighted by Crippen LogP contribution is 2.17. The Hall–Kier alpha value is -1.53. The van der Waals surface area contributed by atoms with Crippen LogP contribution in [0.5, 0.6) is 0 Å². The monoisotopic (exact) mass is 264 g/mol. The van der Waals surface area contributed by atoms with Crippen LogP contribution in [-0.2, 0) is 6.54 Å². The Balaban J connectivity index is 2.11. The van der Waals surface area contributed by atoms with Crippen molar-refractivity contribution < 1.29 is 0 Å². The van der Waals surface area contributed by atoms with Gasteiger partial charge >= 0.3 is 0 Å². The van der Waals surface area contributed by atoms with Gasteiger partial charge in [0.15, 0.2) is 5.82 Å². The van der Waals surface area contributed by atoms with E-state index in [1.807, 2.05) is 0 Å². The summed E-state index contributed by atoms with van der Waals surface area (Å²) in [4.78, 5) is 2.85. The molecule has 0 aromatic carbocycles. The average Bonchev–Trinajstić information content (AvgIpc) is 2.73. The molecule has 0 saturated heterocycles. The Morgan fingerprint density at radius 3 is 2.94 bits per heavy atom. The van der Waals surface area contributed by atoms with E-state index in [-0.39, 0.29) is 0 Å². The molecule has 88 valence electrons. The number of rotatable bonds is 4. The molecule has 0 radical (unpaired) electrons. The van der Waals surface area contributed by atoms with Gasteiger partial charge in [-0.3, -0.25) is 0 Å². The van der Waals surface area contributed by atoms with Crippen LogP contribution in [0.2, 0.25) is 0 Å². The maximum atomic E-state index is 5.61. The van der Waals surface area contributed by atoms with Crippen molar-refractivity contribution >= 4 is 34.4 Å². The van der Waals surface area contributed by atoms with Crippen LogP contribution < -0.4 is 11.1 Å². The predicted octanol–water partition coefficient (Wildman–Crippen LogP) is 2.09. The first-order chi connectivity index (χ1) is 8.16. The standard InChI is InChI=1S/C11H12N4S2/c1-7-2-3-8(17-7)6-13-11-9(10(12)16)4-5-14-15-11/h2-5H,6H2,1H3,(H2,12,16)(H,13,15). The van der Waals surface area contributed by atoms with E-state index in [1.165, 1.54) is 9.75 Å². The number of nitrogens with zero attached hydrogens (tertiary/aromatic N) is 2. The highest BCUT2D eigenvalue weighted by Gasteiger charge is 2.06. The normalized spacial score (nSPS) is 10.2. The van der Waals surface area contributed by atoms with Crippen LogP contribution in [-0.4, -0.2) is 15.2 Å². The number of hydrogen-bond donors (Lipinski definition) is 2. The van der Waals surface area contributed by atoms with Gasteiger partial charge in [-0.2, -0.15) is 5.10 Å². The third-order valence-corrected chi connectivity index (χ3v) is 3.43. The van der Waals surface area contributed by atoms with E-state index >= 15 is 0 Å². The van der Waals surface area contributed by atoms with Crippen molar-refractivity contribution in [1.29, 1.82) is 0 Å². The summed E-state index contributed by atoms with van der Waals surface area (Å²) in [6, 6.07) is 5.94. The molecule has 0 aliphatic rings. The molecule has 0 fully saturated rings. The molecule has 0 aliphatic carbocycles. The number of aryl methyl sites for hydroxylation is 1. The molecule has 0 unspecified atom stereocenters. The van der Waals surface area contributed by atoms with Gasteiger partial charge in [0.1, 0.15) is 4.99 Å². The molecule has 2 rings (SSSR count). The van der Waals surface area contributed by atoms with Crippen molar-refractivity contribution in [2.75, 3.05) is 5.32 Å². The highest BCUT2D eigenvalue weighted by atomic mass is 32.1. The minimum Gasteiger partial charge on any atom is -0.389 e. The molecule has 0 amide bonds. The predicted molar refractivity (Wildman–Crippen MR) is 74.3 cm³/mol. The number of aromatic nitrogens is 2. The second-order valence-electron chi connectivity index (χ2n) is 3.52. The Morgan fingerprint density at radius 1 is 1.47 bits per heavy atom. The van der Waals surface area contributed by atoms with E-state index < -0.39 is 0 Å². The Kier molecular flexibility index (Phi) is 3.65. The van der Waals surface area contributed by atoms with E-state index in [0.717, 1.165) is 5.56 Å². The SMILES string of the molecule is Cc1ccc(CNc2nnccc2C(N)=S)s1. The molecule has 3 N–H and O–H groups in total. The zero-order valence-corrected chi connectivity index (χ0v) is 10.9. The van der Waals surface area contributed by atoms with Gasteiger partial charge in [0.2, 0.25) is 0 Å². The highest BCUT2D eigenvalue weighted by molar-refractivity contribution is 7.80. The summed E-state index contributed by atoms with van der Waals surface area (Å²) >= 11 is 6.70. The van der Waals surface area contributed by atoms with E-state index in [2.05, 4.69) is 34.6 Å². The number of anilines is 1. The van der Waals surface area contributed by atoms with Crippen LogP contribution in [0.1, 0.15) is 15.3 Å². The van der Waals surface area contributed by atoms with Crippen molar-refractivity contribution in [2.45, 2.75) is 13.5 Å². The summed E-state index contributed by atoms with van der Waals surface area (Å²) in [6.45, 7) is 2.78. The molecule has 0 saturated carbocycles. The Morgan fingerprint density at radius 2 is 2.29 bits per heavy atom. The van der Waals surface area contributed by atoms with E-state index in [9.17, 15) is 0 Å². The molecule has 17 heavy (non-hydrogen) atoms. The largest absolute Gasteiger partial charge is 0.389 e. The van der Waals surface area contributed by atoms with Crippen LogP contribution in [0.4, 0.5) is 5.82 Å². The van der Waals surface area contributed by atoms with Crippen molar-refractivity contribution in [3.05, 3.63) is 39.7 Å². The van der Waals surface area contributed by atoms with Crippen molar-refractivity contribution in [3.63, 3.8) is 0 Å². The average molecular weight is 264 g/mol. The zero-order valence-electron chi connectivity index (χ0n) is 9.30. The molecule has 0 atom stereocenters. The van der Waals surface area contributed by atoms with Gasteiger partial charge in [-0.05, 0) is 25.1 Å². The smallest absolute Gasteiger partial charge is 0.159 e. The Bertz CT molecular complexity index is 536. The van der Waals surface area contributed by atoms with Crippen molar-refractivity contribution in [1.82, 2.24) is 10.2 Å². The number of hydrogen-bond acceptors (Lipinski definition) is 5. The summed E-state index contributed by atoms with van der Waals surface area (Å²) in [7, 11) is 0. The fourth-order valence-corrected chi connectivity index (χ4v) is 2.41. The summed E-state index contributed by atoms with van der Waals surface area (Å²) in [5.41, 5.74) is 6.34. The van der Waals surface area contributed by atoms with E-state index in [0.29, 0.717) is 17.4 Å². The van der Waals surface area contributed by atoms with Gasteiger partial charge in [0.05, 0.1) is 18.3 Å². The van der Waals surface area contributed by atoms with Crippen LogP contribution in [0.3, 0.4) is 0 Å². The maximum absolute atomic E-state index is 5.61. The van der Waals surface area contributed by atoms with E-state index in [1.54, 1.807) is 23.6 Å². The quantitative estimate of drug-likeness (QED) is 0.828. The van der Waals surface area contributed by atoms with Gasteiger partial charge in [0.25, 0.3) is 0 Å². The van der Waals surface area contributed by atoms with Crippen molar-refractivity contribution in [3.8, 4) is 0 Å². The van der Waals surface area contributed by atoms with Gasteiger partial charge in [-0.25, -0.2) is 0 Å². The minimum absolute atomic E-state index is 0.324. The summed E-state index contributed by atoms with van der Waals surface area (Å²) in [6.07, 6.45) is 1.58. The number of nitrogens with two attached hydrogens (primary N) is 1. The molecular weight excluding hydrogens is 252 g/mol. The second-order valence-corrected chi connectivity index (χ2v) is 5.34. The topological polar surface area (TPSA) is 63.8 Å². The van der Waals surface area contributed by atoms with Crippen LogP contribution >= 0.6 is 23.6 Å². The van der Waals surface area contributed by atoms with Crippen molar-refractivity contribution in [2.24, 2.45) is 5.73 Å². The lowest BCUT2D eigenvalue weighted by molar-refractivity contribution is 1.00. The molecular formula is C11H12N4S2. The minimum atomic E-state index is 0.324. The molecule has 2 aromatic heterocycles. The Labute approximate surface area is 109 Å². The molecule has 0 bridgehead atoms. The van der Waals surface area contributed by atoms with Gasteiger partial charge in [-0.1, -0.05) is 12.2 Å².